The fourth-order valence-electron chi connectivity index (χ4n) is 1.69. The van der Waals surface area contributed by atoms with Gasteiger partial charge in [0.15, 0.2) is 5.75 Å². The molecular weight excluding hydrogens is 218 g/mol. The monoisotopic (exact) mass is 241 g/mol. The summed E-state index contributed by atoms with van der Waals surface area (Å²) in [4.78, 5) is 0. The summed E-state index contributed by atoms with van der Waals surface area (Å²) >= 11 is 0. The minimum atomic E-state index is -0.460. The van der Waals surface area contributed by atoms with Crippen molar-refractivity contribution >= 4 is 0 Å². The number of rotatable bonds is 6. The van der Waals surface area contributed by atoms with Crippen LogP contribution in [0.1, 0.15) is 38.9 Å². The second-order valence-corrected chi connectivity index (χ2v) is 4.61. The summed E-state index contributed by atoms with van der Waals surface area (Å²) in [5.41, 5.74) is 6.70. The Hall–Kier alpha value is -1.07. The van der Waals surface area contributed by atoms with Gasteiger partial charge >= 0.3 is 0 Å². The molecule has 0 amide bonds. The first-order chi connectivity index (χ1) is 7.97. The molecule has 0 aliphatic heterocycles. The van der Waals surface area contributed by atoms with Gasteiger partial charge in [-0.15, -0.1) is 0 Å². The molecule has 0 saturated heterocycles. The third kappa shape index (κ3) is 2.79. The summed E-state index contributed by atoms with van der Waals surface area (Å²) in [7, 11) is 3.29. The van der Waals surface area contributed by atoms with Gasteiger partial charge in [-0.3, -0.25) is 4.68 Å². The first-order valence-electron chi connectivity index (χ1n) is 5.88. The molecule has 98 valence electrons. The highest BCUT2D eigenvalue weighted by Gasteiger charge is 2.32. The van der Waals surface area contributed by atoms with E-state index in [9.17, 15) is 0 Å². The number of nitrogens with two attached hydrogens (primary N) is 1. The molecule has 0 aliphatic carbocycles. The highest BCUT2D eigenvalue weighted by molar-refractivity contribution is 5.30. The van der Waals surface area contributed by atoms with E-state index in [1.807, 2.05) is 18.5 Å². The topological polar surface area (TPSA) is 62.3 Å². The van der Waals surface area contributed by atoms with Crippen molar-refractivity contribution in [1.82, 2.24) is 9.78 Å². The van der Waals surface area contributed by atoms with E-state index in [1.54, 1.807) is 20.4 Å². The number of nitrogens with zero attached hydrogens (tertiary/aromatic N) is 2. The Morgan fingerprint density at radius 1 is 1.47 bits per heavy atom. The van der Waals surface area contributed by atoms with Gasteiger partial charge in [-0.25, -0.2) is 0 Å². The quantitative estimate of drug-likeness (QED) is 0.824. The van der Waals surface area contributed by atoms with Crippen LogP contribution in [0.3, 0.4) is 0 Å². The van der Waals surface area contributed by atoms with Gasteiger partial charge in [-0.1, -0.05) is 6.92 Å². The van der Waals surface area contributed by atoms with E-state index in [1.165, 1.54) is 0 Å². The Morgan fingerprint density at radius 2 is 2.12 bits per heavy atom. The summed E-state index contributed by atoms with van der Waals surface area (Å²) in [5.74, 6) is 0.719. The lowest BCUT2D eigenvalue weighted by Gasteiger charge is -2.30. The third-order valence-electron chi connectivity index (χ3n) is 3.07. The van der Waals surface area contributed by atoms with Crippen molar-refractivity contribution in [2.75, 3.05) is 14.2 Å². The Balaban J connectivity index is 3.13. The van der Waals surface area contributed by atoms with Crippen LogP contribution in [0, 0.1) is 0 Å². The molecule has 17 heavy (non-hydrogen) atoms. The fraction of sp³-hybridized carbons (Fsp3) is 0.750. The molecule has 5 heteroatoms. The minimum Gasteiger partial charge on any atom is -0.493 e. The van der Waals surface area contributed by atoms with Crippen LogP contribution in [0.5, 0.6) is 5.75 Å². The van der Waals surface area contributed by atoms with Crippen molar-refractivity contribution in [2.24, 2.45) is 5.73 Å². The standard InChI is InChI=1S/C12H23N3O2/c1-6-7-15-10(9(16-4)8-14-15)11(13)12(2,3)17-5/h8,11H,6-7,13H2,1-5H3. The molecule has 5 nitrogen and oxygen atoms in total. The lowest BCUT2D eigenvalue weighted by molar-refractivity contribution is -0.00283. The summed E-state index contributed by atoms with van der Waals surface area (Å²) in [5, 5.41) is 4.30. The second-order valence-electron chi connectivity index (χ2n) is 4.61. The lowest BCUT2D eigenvalue weighted by atomic mass is 9.96. The maximum absolute atomic E-state index is 6.27. The molecule has 2 N–H and O–H groups in total. The van der Waals surface area contributed by atoms with E-state index in [0.717, 1.165) is 24.4 Å². The number of hydrogen-bond acceptors (Lipinski definition) is 4. The average Bonchev–Trinajstić information content (AvgIpc) is 2.71. The van der Waals surface area contributed by atoms with Gasteiger partial charge in [0.05, 0.1) is 30.6 Å². The molecule has 1 aromatic heterocycles. The normalized spacial score (nSPS) is 13.8. The molecule has 0 aliphatic rings. The SMILES string of the molecule is CCCn1ncc(OC)c1C(N)C(C)(C)OC. The van der Waals surface area contributed by atoms with E-state index in [0.29, 0.717) is 0 Å². The highest BCUT2D eigenvalue weighted by atomic mass is 16.5. The molecule has 1 rings (SSSR count). The van der Waals surface area contributed by atoms with Gasteiger partial charge in [0.25, 0.3) is 0 Å². The van der Waals surface area contributed by atoms with Gasteiger partial charge < -0.3 is 15.2 Å². The average molecular weight is 241 g/mol. The van der Waals surface area contributed by atoms with E-state index in [2.05, 4.69) is 12.0 Å². The number of aromatic nitrogens is 2. The van der Waals surface area contributed by atoms with Crippen LogP contribution in [0.25, 0.3) is 0 Å². The zero-order chi connectivity index (χ0) is 13.1. The van der Waals surface area contributed by atoms with Crippen LogP contribution < -0.4 is 10.5 Å². The number of ether oxygens (including phenoxy) is 2. The molecule has 0 fully saturated rings. The molecule has 0 bridgehead atoms. The van der Waals surface area contributed by atoms with Gasteiger partial charge in [0.2, 0.25) is 0 Å². The summed E-state index contributed by atoms with van der Waals surface area (Å²) in [6, 6.07) is -0.281. The van der Waals surface area contributed by atoms with Gasteiger partial charge in [0.1, 0.15) is 0 Å². The zero-order valence-electron chi connectivity index (χ0n) is 11.4. The van der Waals surface area contributed by atoms with Crippen molar-refractivity contribution < 1.29 is 9.47 Å². The number of aryl methyl sites for hydroxylation is 1. The minimum absolute atomic E-state index is 0.281. The Kier molecular flexibility index (Phi) is 4.54. The zero-order valence-corrected chi connectivity index (χ0v) is 11.4. The Bertz CT molecular complexity index is 361. The van der Waals surface area contributed by atoms with Crippen LogP contribution in [-0.2, 0) is 11.3 Å². The van der Waals surface area contributed by atoms with Gasteiger partial charge in [-0.05, 0) is 20.3 Å². The molecular formula is C12H23N3O2. The van der Waals surface area contributed by atoms with Crippen LogP contribution in [0.4, 0.5) is 0 Å². The Labute approximate surface area is 103 Å². The van der Waals surface area contributed by atoms with E-state index < -0.39 is 5.60 Å². The largest absolute Gasteiger partial charge is 0.493 e. The lowest BCUT2D eigenvalue weighted by Crippen LogP contribution is -2.38. The highest BCUT2D eigenvalue weighted by Crippen LogP contribution is 2.32. The molecule has 1 unspecified atom stereocenters. The molecule has 1 atom stereocenters. The smallest absolute Gasteiger partial charge is 0.161 e. The maximum Gasteiger partial charge on any atom is 0.161 e. The van der Waals surface area contributed by atoms with Gasteiger partial charge in [-0.2, -0.15) is 5.10 Å². The molecule has 0 aromatic carbocycles. The maximum atomic E-state index is 6.27. The Morgan fingerprint density at radius 3 is 2.59 bits per heavy atom. The number of methoxy groups -OCH3 is 2. The molecule has 0 saturated carbocycles. The second kappa shape index (κ2) is 5.51. The molecule has 0 radical (unpaired) electrons. The van der Waals surface area contributed by atoms with E-state index in [4.69, 9.17) is 15.2 Å². The van der Waals surface area contributed by atoms with E-state index >= 15 is 0 Å². The number of hydrogen-bond donors (Lipinski definition) is 1. The van der Waals surface area contributed by atoms with Crippen LogP contribution in [-0.4, -0.2) is 29.6 Å². The molecule has 1 aromatic rings. The van der Waals surface area contributed by atoms with Crippen molar-refractivity contribution in [3.63, 3.8) is 0 Å². The fourth-order valence-corrected chi connectivity index (χ4v) is 1.69. The van der Waals surface area contributed by atoms with Crippen LogP contribution >= 0.6 is 0 Å². The van der Waals surface area contributed by atoms with Crippen LogP contribution in [0.2, 0.25) is 0 Å². The predicted molar refractivity (Wildman–Crippen MR) is 67.1 cm³/mol. The van der Waals surface area contributed by atoms with Crippen LogP contribution in [0.15, 0.2) is 6.20 Å². The third-order valence-corrected chi connectivity index (χ3v) is 3.07. The van der Waals surface area contributed by atoms with Crippen molar-refractivity contribution in [2.45, 2.75) is 45.4 Å². The van der Waals surface area contributed by atoms with Crippen molar-refractivity contribution in [1.29, 1.82) is 0 Å². The summed E-state index contributed by atoms with van der Waals surface area (Å²) < 4.78 is 12.6. The first kappa shape index (κ1) is 14.0. The molecule has 1 heterocycles. The van der Waals surface area contributed by atoms with Crippen molar-refractivity contribution in [3.05, 3.63) is 11.9 Å². The van der Waals surface area contributed by atoms with Gasteiger partial charge in [0, 0.05) is 13.7 Å². The predicted octanol–water partition coefficient (Wildman–Crippen LogP) is 1.73. The van der Waals surface area contributed by atoms with E-state index in [-0.39, 0.29) is 6.04 Å². The first-order valence-corrected chi connectivity index (χ1v) is 5.88. The summed E-state index contributed by atoms with van der Waals surface area (Å²) in [6.45, 7) is 6.85. The summed E-state index contributed by atoms with van der Waals surface area (Å²) in [6.07, 6.45) is 2.70. The molecule has 0 spiro atoms. The van der Waals surface area contributed by atoms with Crippen molar-refractivity contribution in [3.8, 4) is 5.75 Å².